The van der Waals surface area contributed by atoms with Gasteiger partial charge in [0, 0.05) is 19.3 Å². The lowest BCUT2D eigenvalue weighted by molar-refractivity contribution is -0.126. The van der Waals surface area contributed by atoms with Crippen molar-refractivity contribution in [3.05, 3.63) is 29.8 Å². The van der Waals surface area contributed by atoms with Crippen LogP contribution in [0.25, 0.3) is 0 Å². The Balaban J connectivity index is 1.64. The molecule has 7 nitrogen and oxygen atoms in total. The monoisotopic (exact) mass is 320 g/mol. The van der Waals surface area contributed by atoms with Crippen LogP contribution in [0.2, 0.25) is 0 Å². The first-order valence-electron chi connectivity index (χ1n) is 7.73. The van der Waals surface area contributed by atoms with E-state index >= 15 is 0 Å². The van der Waals surface area contributed by atoms with E-state index in [2.05, 4.69) is 5.32 Å². The maximum atomic E-state index is 12.4. The first-order valence-corrected chi connectivity index (χ1v) is 7.73. The number of rotatable bonds is 4. The fraction of sp³-hybridized carbons (Fsp3) is 0.500. The highest BCUT2D eigenvalue weighted by atomic mass is 16.6. The van der Waals surface area contributed by atoms with E-state index in [0.717, 1.165) is 18.4 Å². The van der Waals surface area contributed by atoms with Crippen LogP contribution < -0.4 is 5.32 Å². The number of nitrogens with one attached hydrogen (secondary N) is 1. The molecular formula is C16H20N2O5. The van der Waals surface area contributed by atoms with Crippen LogP contribution in [0, 0.1) is 0 Å². The van der Waals surface area contributed by atoms with E-state index in [9.17, 15) is 14.7 Å². The van der Waals surface area contributed by atoms with Gasteiger partial charge in [0.15, 0.2) is 0 Å². The Hall–Kier alpha value is -2.28. The number of phenolic OH excluding ortho intramolecular Hbond substituents is 1. The van der Waals surface area contributed by atoms with Crippen LogP contribution in [0.3, 0.4) is 0 Å². The van der Waals surface area contributed by atoms with Crippen molar-refractivity contribution < 1.29 is 24.2 Å². The van der Waals surface area contributed by atoms with E-state index in [1.165, 1.54) is 4.90 Å². The molecule has 1 aromatic rings. The molecule has 2 heterocycles. The van der Waals surface area contributed by atoms with Crippen molar-refractivity contribution in [3.8, 4) is 5.75 Å². The van der Waals surface area contributed by atoms with Gasteiger partial charge in [-0.05, 0) is 30.5 Å². The van der Waals surface area contributed by atoms with Gasteiger partial charge in [-0.3, -0.25) is 9.69 Å². The number of hydrogen-bond donors (Lipinski definition) is 2. The molecule has 2 saturated heterocycles. The van der Waals surface area contributed by atoms with E-state index in [1.54, 1.807) is 24.3 Å². The van der Waals surface area contributed by atoms with Gasteiger partial charge in [0.25, 0.3) is 0 Å². The van der Waals surface area contributed by atoms with Crippen molar-refractivity contribution in [1.29, 1.82) is 0 Å². The number of carbonyl (C=O) groups excluding carboxylic acids is 2. The highest BCUT2D eigenvalue weighted by molar-refractivity contribution is 5.88. The van der Waals surface area contributed by atoms with Crippen molar-refractivity contribution in [3.63, 3.8) is 0 Å². The van der Waals surface area contributed by atoms with Gasteiger partial charge in [0.2, 0.25) is 5.91 Å². The lowest BCUT2D eigenvalue weighted by atomic mass is 10.1. The summed E-state index contributed by atoms with van der Waals surface area (Å²) >= 11 is 0. The number of nitrogens with zero attached hydrogens (tertiary/aromatic N) is 1. The number of aromatic hydroxyl groups is 1. The predicted octanol–water partition coefficient (Wildman–Crippen LogP) is 1.01. The molecule has 23 heavy (non-hydrogen) atoms. The number of ether oxygens (including phenoxy) is 2. The quantitative estimate of drug-likeness (QED) is 0.864. The SMILES string of the molecule is O=C(NC1CCOCC1)[C@@H]1COC(=O)N1Cc1ccc(O)cc1. The third-order valence-corrected chi connectivity index (χ3v) is 4.14. The summed E-state index contributed by atoms with van der Waals surface area (Å²) in [7, 11) is 0. The molecule has 0 unspecified atom stereocenters. The van der Waals surface area contributed by atoms with Crippen LogP contribution in [-0.4, -0.2) is 53.9 Å². The van der Waals surface area contributed by atoms with Crippen LogP contribution >= 0.6 is 0 Å². The van der Waals surface area contributed by atoms with Crippen LogP contribution in [0.5, 0.6) is 5.75 Å². The molecule has 2 amide bonds. The number of phenols is 1. The molecule has 0 radical (unpaired) electrons. The maximum Gasteiger partial charge on any atom is 0.410 e. The normalized spacial score (nSPS) is 22.0. The molecule has 0 saturated carbocycles. The van der Waals surface area contributed by atoms with Crippen molar-refractivity contribution in [2.75, 3.05) is 19.8 Å². The minimum absolute atomic E-state index is 0.0615. The van der Waals surface area contributed by atoms with E-state index < -0.39 is 12.1 Å². The average Bonchev–Trinajstić information content (AvgIpc) is 2.92. The minimum Gasteiger partial charge on any atom is -0.508 e. The molecule has 2 aliphatic rings. The molecule has 0 aliphatic carbocycles. The van der Waals surface area contributed by atoms with Crippen molar-refractivity contribution in [2.24, 2.45) is 0 Å². The number of benzene rings is 1. The summed E-state index contributed by atoms with van der Waals surface area (Å²) in [4.78, 5) is 25.8. The highest BCUT2D eigenvalue weighted by Gasteiger charge is 2.38. The Morgan fingerprint density at radius 1 is 1.26 bits per heavy atom. The number of amides is 2. The van der Waals surface area contributed by atoms with Gasteiger partial charge in [0.1, 0.15) is 18.4 Å². The summed E-state index contributed by atoms with van der Waals surface area (Å²) in [6.45, 7) is 1.61. The summed E-state index contributed by atoms with van der Waals surface area (Å²) in [6.07, 6.45) is 1.07. The third-order valence-electron chi connectivity index (χ3n) is 4.14. The summed E-state index contributed by atoms with van der Waals surface area (Å²) < 4.78 is 10.3. The van der Waals surface area contributed by atoms with Gasteiger partial charge < -0.3 is 19.9 Å². The summed E-state index contributed by atoms with van der Waals surface area (Å²) in [5.41, 5.74) is 0.825. The molecule has 0 spiro atoms. The van der Waals surface area contributed by atoms with Crippen molar-refractivity contribution in [2.45, 2.75) is 31.5 Å². The van der Waals surface area contributed by atoms with Crippen LogP contribution in [0.4, 0.5) is 4.79 Å². The molecule has 0 aromatic heterocycles. The Morgan fingerprint density at radius 3 is 2.65 bits per heavy atom. The lowest BCUT2D eigenvalue weighted by Crippen LogP contribution is -2.49. The zero-order chi connectivity index (χ0) is 16.2. The van der Waals surface area contributed by atoms with E-state index in [0.29, 0.717) is 13.2 Å². The summed E-state index contributed by atoms with van der Waals surface area (Å²) in [5.74, 6) is -0.0342. The molecule has 1 atom stereocenters. The lowest BCUT2D eigenvalue weighted by Gasteiger charge is -2.26. The second-order valence-corrected chi connectivity index (χ2v) is 5.78. The maximum absolute atomic E-state index is 12.4. The van der Waals surface area contributed by atoms with E-state index in [-0.39, 0.29) is 30.9 Å². The fourth-order valence-corrected chi connectivity index (χ4v) is 2.78. The number of cyclic esters (lactones) is 1. The van der Waals surface area contributed by atoms with Gasteiger partial charge in [0.05, 0.1) is 6.54 Å². The van der Waals surface area contributed by atoms with Gasteiger partial charge in [-0.1, -0.05) is 12.1 Å². The topological polar surface area (TPSA) is 88.1 Å². The fourth-order valence-electron chi connectivity index (χ4n) is 2.78. The predicted molar refractivity (Wildman–Crippen MR) is 80.8 cm³/mol. The van der Waals surface area contributed by atoms with Crippen LogP contribution in [-0.2, 0) is 20.8 Å². The molecule has 0 bridgehead atoms. The summed E-state index contributed by atoms with van der Waals surface area (Å²) in [5, 5.41) is 12.3. The third kappa shape index (κ3) is 3.73. The smallest absolute Gasteiger partial charge is 0.410 e. The Bertz CT molecular complexity index is 568. The highest BCUT2D eigenvalue weighted by Crippen LogP contribution is 2.19. The molecule has 2 fully saturated rings. The second kappa shape index (κ2) is 6.87. The zero-order valence-electron chi connectivity index (χ0n) is 12.7. The van der Waals surface area contributed by atoms with Crippen molar-refractivity contribution in [1.82, 2.24) is 10.2 Å². The molecule has 7 heteroatoms. The largest absolute Gasteiger partial charge is 0.508 e. The van der Waals surface area contributed by atoms with Gasteiger partial charge in [-0.15, -0.1) is 0 Å². The first-order chi connectivity index (χ1) is 11.1. The Morgan fingerprint density at radius 2 is 1.96 bits per heavy atom. The molecule has 2 aliphatic heterocycles. The van der Waals surface area contributed by atoms with E-state index in [4.69, 9.17) is 9.47 Å². The average molecular weight is 320 g/mol. The molecule has 1 aromatic carbocycles. The standard InChI is InChI=1S/C16H20N2O5/c19-13-3-1-11(2-4-13)9-18-14(10-23-16(18)21)15(20)17-12-5-7-22-8-6-12/h1-4,12,14,19H,5-10H2,(H,17,20)/t14-/m0/s1. The summed E-state index contributed by atoms with van der Waals surface area (Å²) in [6, 6.07) is 5.99. The molecule has 2 N–H and O–H groups in total. The van der Waals surface area contributed by atoms with Gasteiger partial charge >= 0.3 is 6.09 Å². The van der Waals surface area contributed by atoms with Gasteiger partial charge in [-0.2, -0.15) is 0 Å². The minimum atomic E-state index is -0.626. The second-order valence-electron chi connectivity index (χ2n) is 5.78. The first kappa shape index (κ1) is 15.6. The number of carbonyl (C=O) groups is 2. The van der Waals surface area contributed by atoms with Crippen LogP contribution in [0.15, 0.2) is 24.3 Å². The molecular weight excluding hydrogens is 300 g/mol. The van der Waals surface area contributed by atoms with Crippen molar-refractivity contribution >= 4 is 12.0 Å². The van der Waals surface area contributed by atoms with E-state index in [1.807, 2.05) is 0 Å². The Kier molecular flexibility index (Phi) is 4.66. The Labute approximate surface area is 134 Å². The van der Waals surface area contributed by atoms with Gasteiger partial charge in [-0.25, -0.2) is 4.79 Å². The molecule has 3 rings (SSSR count). The number of hydrogen-bond acceptors (Lipinski definition) is 5. The zero-order valence-corrected chi connectivity index (χ0v) is 12.7. The van der Waals surface area contributed by atoms with Crippen LogP contribution in [0.1, 0.15) is 18.4 Å². The molecule has 124 valence electrons.